The number of aromatic amines is 1. The van der Waals surface area contributed by atoms with Crippen molar-refractivity contribution in [3.63, 3.8) is 0 Å². The van der Waals surface area contributed by atoms with Gasteiger partial charge in [0.2, 0.25) is 5.88 Å². The summed E-state index contributed by atoms with van der Waals surface area (Å²) in [5.41, 5.74) is 3.03. The van der Waals surface area contributed by atoms with Gasteiger partial charge in [-0.2, -0.15) is 0 Å². The Hall–Kier alpha value is -2.62. The van der Waals surface area contributed by atoms with Crippen LogP contribution in [0.1, 0.15) is 0 Å². The van der Waals surface area contributed by atoms with Crippen LogP contribution in [0.15, 0.2) is 42.5 Å². The second-order valence-corrected chi connectivity index (χ2v) is 4.63. The molecule has 3 aromatic rings. The van der Waals surface area contributed by atoms with Gasteiger partial charge < -0.3 is 19.2 Å². The molecule has 0 saturated carbocycles. The van der Waals surface area contributed by atoms with Crippen LogP contribution in [0.3, 0.4) is 0 Å². The molecule has 3 rings (SSSR count). The van der Waals surface area contributed by atoms with E-state index in [2.05, 4.69) is 17.1 Å². The normalized spacial score (nSPS) is 10.6. The van der Waals surface area contributed by atoms with Crippen molar-refractivity contribution in [2.75, 3.05) is 21.3 Å². The molecule has 0 spiro atoms. The predicted molar refractivity (Wildman–Crippen MR) is 83.4 cm³/mol. The number of ether oxygens (including phenoxy) is 3. The average molecular weight is 283 g/mol. The molecular weight excluding hydrogens is 266 g/mol. The highest BCUT2D eigenvalue weighted by atomic mass is 16.5. The zero-order valence-electron chi connectivity index (χ0n) is 12.3. The van der Waals surface area contributed by atoms with E-state index >= 15 is 0 Å². The number of benzene rings is 2. The molecule has 0 bridgehead atoms. The van der Waals surface area contributed by atoms with Gasteiger partial charge in [-0.25, -0.2) is 0 Å². The first-order valence-electron chi connectivity index (χ1n) is 6.66. The van der Waals surface area contributed by atoms with E-state index in [9.17, 15) is 0 Å². The Labute approximate surface area is 123 Å². The molecule has 0 aliphatic heterocycles. The summed E-state index contributed by atoms with van der Waals surface area (Å²) in [4.78, 5) is 3.19. The van der Waals surface area contributed by atoms with Gasteiger partial charge in [-0.15, -0.1) is 0 Å². The lowest BCUT2D eigenvalue weighted by atomic mass is 10.0. The van der Waals surface area contributed by atoms with Crippen molar-refractivity contribution in [3.8, 4) is 28.5 Å². The van der Waals surface area contributed by atoms with Gasteiger partial charge in [0.15, 0.2) is 5.75 Å². The lowest BCUT2D eigenvalue weighted by Crippen LogP contribution is -1.91. The Morgan fingerprint density at radius 2 is 1.48 bits per heavy atom. The molecule has 108 valence electrons. The largest absolute Gasteiger partial charge is 0.495 e. The number of methoxy groups -OCH3 is 3. The van der Waals surface area contributed by atoms with Crippen LogP contribution in [0.25, 0.3) is 22.0 Å². The van der Waals surface area contributed by atoms with Gasteiger partial charge in [0.25, 0.3) is 0 Å². The van der Waals surface area contributed by atoms with Gasteiger partial charge in [0.1, 0.15) is 5.75 Å². The van der Waals surface area contributed by atoms with Crippen molar-refractivity contribution < 1.29 is 14.2 Å². The number of rotatable bonds is 4. The number of fused-ring (bicyclic) bond motifs is 1. The zero-order valence-corrected chi connectivity index (χ0v) is 12.3. The maximum atomic E-state index is 5.66. The van der Waals surface area contributed by atoms with Crippen LogP contribution < -0.4 is 14.2 Å². The standard InChI is InChI=1S/C17H17NO3/c1-19-15-12(11-7-5-4-6-8-11)9-10-13-14(15)16(20-2)17(18-13)21-3/h4-10,18H,1-3H3. The van der Waals surface area contributed by atoms with Crippen LogP contribution in [0, 0.1) is 0 Å². The number of nitrogens with one attached hydrogen (secondary N) is 1. The van der Waals surface area contributed by atoms with Gasteiger partial charge in [-0.1, -0.05) is 30.3 Å². The molecule has 2 aromatic carbocycles. The molecule has 0 aliphatic rings. The molecular formula is C17H17NO3. The number of H-pyrrole nitrogens is 1. The highest BCUT2D eigenvalue weighted by molar-refractivity contribution is 5.99. The van der Waals surface area contributed by atoms with E-state index in [1.54, 1.807) is 21.3 Å². The Morgan fingerprint density at radius 1 is 0.762 bits per heavy atom. The first-order chi connectivity index (χ1) is 10.3. The Balaban J connectivity index is 2.33. The van der Waals surface area contributed by atoms with Crippen LogP contribution in [0.2, 0.25) is 0 Å². The monoisotopic (exact) mass is 283 g/mol. The first kappa shape index (κ1) is 13.4. The molecule has 0 amide bonds. The lowest BCUT2D eigenvalue weighted by Gasteiger charge is -2.11. The lowest BCUT2D eigenvalue weighted by molar-refractivity contribution is 0.349. The summed E-state index contributed by atoms with van der Waals surface area (Å²) in [6.07, 6.45) is 0. The van der Waals surface area contributed by atoms with Crippen LogP contribution in [0.5, 0.6) is 17.4 Å². The maximum absolute atomic E-state index is 5.66. The molecule has 0 unspecified atom stereocenters. The van der Waals surface area contributed by atoms with Crippen molar-refractivity contribution in [3.05, 3.63) is 42.5 Å². The highest BCUT2D eigenvalue weighted by Gasteiger charge is 2.20. The fourth-order valence-corrected chi connectivity index (χ4v) is 2.60. The van der Waals surface area contributed by atoms with Crippen molar-refractivity contribution >= 4 is 10.9 Å². The second kappa shape index (κ2) is 5.40. The quantitative estimate of drug-likeness (QED) is 0.790. The van der Waals surface area contributed by atoms with Gasteiger partial charge in [0.05, 0.1) is 32.2 Å². The van der Waals surface area contributed by atoms with Crippen LogP contribution >= 0.6 is 0 Å². The summed E-state index contributed by atoms with van der Waals surface area (Å²) in [5.74, 6) is 2.02. The smallest absolute Gasteiger partial charge is 0.235 e. The van der Waals surface area contributed by atoms with E-state index in [0.29, 0.717) is 11.6 Å². The van der Waals surface area contributed by atoms with E-state index in [4.69, 9.17) is 14.2 Å². The van der Waals surface area contributed by atoms with E-state index in [1.807, 2.05) is 30.3 Å². The summed E-state index contributed by atoms with van der Waals surface area (Å²) in [5, 5.41) is 0.887. The van der Waals surface area contributed by atoms with Crippen LogP contribution in [-0.4, -0.2) is 26.3 Å². The number of hydrogen-bond acceptors (Lipinski definition) is 3. The third kappa shape index (κ3) is 2.09. The summed E-state index contributed by atoms with van der Waals surface area (Å²) in [7, 11) is 4.90. The summed E-state index contributed by atoms with van der Waals surface area (Å²) in [6, 6.07) is 14.2. The van der Waals surface area contributed by atoms with Crippen molar-refractivity contribution in [2.24, 2.45) is 0 Å². The fourth-order valence-electron chi connectivity index (χ4n) is 2.60. The maximum Gasteiger partial charge on any atom is 0.235 e. The molecule has 1 heterocycles. The molecule has 4 heteroatoms. The third-order valence-electron chi connectivity index (χ3n) is 3.54. The van der Waals surface area contributed by atoms with Gasteiger partial charge in [-0.3, -0.25) is 0 Å². The number of hydrogen-bond donors (Lipinski definition) is 1. The third-order valence-corrected chi connectivity index (χ3v) is 3.54. The minimum atomic E-state index is 0.594. The fraction of sp³-hybridized carbons (Fsp3) is 0.176. The van der Waals surface area contributed by atoms with Crippen LogP contribution in [0.4, 0.5) is 0 Å². The Bertz CT molecular complexity index is 763. The minimum Gasteiger partial charge on any atom is -0.495 e. The van der Waals surface area contributed by atoms with E-state index in [-0.39, 0.29) is 0 Å². The first-order valence-corrected chi connectivity index (χ1v) is 6.66. The molecule has 0 aliphatic carbocycles. The molecule has 1 aromatic heterocycles. The molecule has 21 heavy (non-hydrogen) atoms. The summed E-state index contributed by atoms with van der Waals surface area (Å²) >= 11 is 0. The Kier molecular flexibility index (Phi) is 3.44. The predicted octanol–water partition coefficient (Wildman–Crippen LogP) is 3.86. The van der Waals surface area contributed by atoms with Gasteiger partial charge >= 0.3 is 0 Å². The molecule has 4 nitrogen and oxygen atoms in total. The van der Waals surface area contributed by atoms with Crippen LogP contribution in [-0.2, 0) is 0 Å². The van der Waals surface area contributed by atoms with Gasteiger partial charge in [-0.05, 0) is 17.7 Å². The minimum absolute atomic E-state index is 0.594. The summed E-state index contributed by atoms with van der Waals surface area (Å²) in [6.45, 7) is 0. The number of aromatic nitrogens is 1. The molecule has 1 N–H and O–H groups in total. The van der Waals surface area contributed by atoms with Crippen molar-refractivity contribution in [1.82, 2.24) is 4.98 Å². The zero-order chi connectivity index (χ0) is 14.8. The van der Waals surface area contributed by atoms with Crippen molar-refractivity contribution in [1.29, 1.82) is 0 Å². The van der Waals surface area contributed by atoms with Crippen molar-refractivity contribution in [2.45, 2.75) is 0 Å². The topological polar surface area (TPSA) is 43.5 Å². The van der Waals surface area contributed by atoms with E-state index < -0.39 is 0 Å². The highest BCUT2D eigenvalue weighted by Crippen LogP contribution is 2.45. The summed E-state index contributed by atoms with van der Waals surface area (Å²) < 4.78 is 16.5. The average Bonchev–Trinajstić information content (AvgIpc) is 2.92. The Morgan fingerprint density at radius 3 is 2.10 bits per heavy atom. The van der Waals surface area contributed by atoms with E-state index in [0.717, 1.165) is 27.8 Å². The molecule has 0 fully saturated rings. The molecule has 0 saturated heterocycles. The molecule has 0 atom stereocenters. The SMILES string of the molecule is COc1[nH]c2ccc(-c3ccccc3)c(OC)c2c1OC. The molecule has 0 radical (unpaired) electrons. The second-order valence-electron chi connectivity index (χ2n) is 4.63. The van der Waals surface area contributed by atoms with E-state index in [1.165, 1.54) is 0 Å². The van der Waals surface area contributed by atoms with Gasteiger partial charge in [0, 0.05) is 5.56 Å².